The maximum absolute atomic E-state index is 12.0. The molecule has 2 nitrogen and oxygen atoms in total. The molecule has 0 aliphatic heterocycles. The highest BCUT2D eigenvalue weighted by atomic mass is 16.3. The van der Waals surface area contributed by atoms with Gasteiger partial charge in [-0.25, -0.2) is 0 Å². The van der Waals surface area contributed by atoms with Crippen LogP contribution in [0.25, 0.3) is 0 Å². The van der Waals surface area contributed by atoms with E-state index >= 15 is 0 Å². The normalized spacial score (nSPS) is 8.65. The van der Waals surface area contributed by atoms with Gasteiger partial charge in [0.2, 0.25) is 0 Å². The Morgan fingerprint density at radius 2 is 1.45 bits per heavy atom. The molecule has 2 aromatic rings. The zero-order valence-corrected chi connectivity index (χ0v) is 13.0. The number of carbonyl (C=O) groups excluding carboxylic acids is 1. The molecule has 0 unspecified atom stereocenters. The van der Waals surface area contributed by atoms with Crippen molar-refractivity contribution in [2.24, 2.45) is 0 Å². The van der Waals surface area contributed by atoms with E-state index in [4.69, 9.17) is 0 Å². The van der Waals surface area contributed by atoms with E-state index in [-0.39, 0.29) is 11.5 Å². The third kappa shape index (κ3) is 4.88. The molecule has 0 saturated carbocycles. The Balaban J connectivity index is 0.000000829. The summed E-state index contributed by atoms with van der Waals surface area (Å²) in [6, 6.07) is 14.0. The van der Waals surface area contributed by atoms with Crippen LogP contribution < -0.4 is 0 Å². The number of hydrogen-bond acceptors (Lipinski definition) is 2. The number of phenols is 1. The molecule has 2 rings (SSSR count). The van der Waals surface area contributed by atoms with E-state index in [1.54, 1.807) is 36.4 Å². The standard InChI is InChI=1S/C14H12O2.2C2H6/c1-10-7-8-12(13(15)9-10)14(16)11-5-3-2-4-6-11;2*1-2/h2-9,15H,1H3;2*1-2H3. The maximum Gasteiger partial charge on any atom is 0.196 e. The van der Waals surface area contributed by atoms with Gasteiger partial charge < -0.3 is 5.11 Å². The number of ketones is 1. The Kier molecular flexibility index (Phi) is 8.77. The van der Waals surface area contributed by atoms with Crippen molar-refractivity contribution in [3.8, 4) is 5.75 Å². The van der Waals surface area contributed by atoms with Crippen molar-refractivity contribution in [3.63, 3.8) is 0 Å². The predicted molar refractivity (Wildman–Crippen MR) is 85.4 cm³/mol. The minimum atomic E-state index is -0.155. The number of carbonyl (C=O) groups is 1. The number of aromatic hydroxyl groups is 1. The molecule has 1 N–H and O–H groups in total. The zero-order chi connectivity index (χ0) is 15.5. The maximum atomic E-state index is 12.0. The summed E-state index contributed by atoms with van der Waals surface area (Å²) in [6.45, 7) is 9.87. The zero-order valence-electron chi connectivity index (χ0n) is 13.0. The molecule has 0 atom stereocenters. The molecule has 0 spiro atoms. The summed E-state index contributed by atoms with van der Waals surface area (Å²) in [7, 11) is 0. The Morgan fingerprint density at radius 3 is 1.95 bits per heavy atom. The first-order chi connectivity index (χ1) is 9.68. The summed E-state index contributed by atoms with van der Waals surface area (Å²) in [5.41, 5.74) is 1.86. The Morgan fingerprint density at radius 1 is 0.900 bits per heavy atom. The number of benzene rings is 2. The van der Waals surface area contributed by atoms with Crippen LogP contribution in [-0.2, 0) is 0 Å². The topological polar surface area (TPSA) is 37.3 Å². The van der Waals surface area contributed by atoms with Gasteiger partial charge in [0, 0.05) is 5.56 Å². The van der Waals surface area contributed by atoms with E-state index in [1.807, 2.05) is 46.8 Å². The first kappa shape index (κ1) is 17.9. The summed E-state index contributed by atoms with van der Waals surface area (Å²) in [5.74, 6) is -0.119. The minimum Gasteiger partial charge on any atom is -0.507 e. The van der Waals surface area contributed by atoms with Crippen LogP contribution in [0.1, 0.15) is 49.2 Å². The smallest absolute Gasteiger partial charge is 0.196 e. The fourth-order valence-corrected chi connectivity index (χ4v) is 1.58. The molecule has 0 fully saturated rings. The quantitative estimate of drug-likeness (QED) is 0.782. The molecule has 0 aliphatic rings. The van der Waals surface area contributed by atoms with Gasteiger partial charge in [-0.05, 0) is 24.6 Å². The minimum absolute atomic E-state index is 0.0360. The van der Waals surface area contributed by atoms with Crippen molar-refractivity contribution in [3.05, 3.63) is 65.2 Å². The van der Waals surface area contributed by atoms with E-state index in [0.29, 0.717) is 11.1 Å². The summed E-state index contributed by atoms with van der Waals surface area (Å²) < 4.78 is 0. The second-order valence-electron chi connectivity index (χ2n) is 3.72. The van der Waals surface area contributed by atoms with Gasteiger partial charge in [0.05, 0.1) is 5.56 Å². The van der Waals surface area contributed by atoms with Crippen LogP contribution in [0, 0.1) is 6.92 Å². The third-order valence-electron chi connectivity index (χ3n) is 2.43. The molecule has 108 valence electrons. The molecule has 0 aromatic heterocycles. The van der Waals surface area contributed by atoms with Crippen LogP contribution in [-0.4, -0.2) is 10.9 Å². The summed E-state index contributed by atoms with van der Waals surface area (Å²) in [4.78, 5) is 12.0. The van der Waals surface area contributed by atoms with Gasteiger partial charge in [0.1, 0.15) is 5.75 Å². The van der Waals surface area contributed by atoms with E-state index < -0.39 is 0 Å². The van der Waals surface area contributed by atoms with Gasteiger partial charge in [-0.3, -0.25) is 4.79 Å². The van der Waals surface area contributed by atoms with E-state index in [1.165, 1.54) is 0 Å². The van der Waals surface area contributed by atoms with Gasteiger partial charge in [0.25, 0.3) is 0 Å². The van der Waals surface area contributed by atoms with Crippen LogP contribution in [0.5, 0.6) is 5.75 Å². The predicted octanol–water partition coefficient (Wildman–Crippen LogP) is 4.98. The Labute approximate surface area is 122 Å². The number of hydrogen-bond donors (Lipinski definition) is 1. The van der Waals surface area contributed by atoms with Crippen molar-refractivity contribution >= 4 is 5.78 Å². The van der Waals surface area contributed by atoms with Crippen LogP contribution in [0.15, 0.2) is 48.5 Å². The highest BCUT2D eigenvalue weighted by molar-refractivity contribution is 6.10. The van der Waals surface area contributed by atoms with Gasteiger partial charge in [-0.2, -0.15) is 0 Å². The van der Waals surface area contributed by atoms with Crippen LogP contribution in [0.3, 0.4) is 0 Å². The highest BCUT2D eigenvalue weighted by Gasteiger charge is 2.12. The summed E-state index contributed by atoms with van der Waals surface area (Å²) >= 11 is 0. The molecule has 2 heteroatoms. The van der Waals surface area contributed by atoms with Crippen molar-refractivity contribution in [1.29, 1.82) is 0 Å². The van der Waals surface area contributed by atoms with E-state index in [9.17, 15) is 9.90 Å². The Bertz CT molecular complexity index is 516. The van der Waals surface area contributed by atoms with Crippen LogP contribution in [0.2, 0.25) is 0 Å². The molecule has 0 heterocycles. The second-order valence-corrected chi connectivity index (χ2v) is 3.72. The summed E-state index contributed by atoms with van der Waals surface area (Å²) in [6.07, 6.45) is 0. The van der Waals surface area contributed by atoms with Gasteiger partial charge >= 0.3 is 0 Å². The lowest BCUT2D eigenvalue weighted by molar-refractivity contribution is 0.103. The second kappa shape index (κ2) is 9.79. The molecule has 0 saturated heterocycles. The molecular weight excluding hydrogens is 248 g/mol. The van der Waals surface area contributed by atoms with Crippen molar-refractivity contribution in [2.45, 2.75) is 34.6 Å². The van der Waals surface area contributed by atoms with Crippen molar-refractivity contribution < 1.29 is 9.90 Å². The first-order valence-corrected chi connectivity index (χ1v) is 7.08. The number of phenolic OH excluding ortho intramolecular Hbond substituents is 1. The largest absolute Gasteiger partial charge is 0.507 e. The molecular formula is C18H24O2. The number of aryl methyl sites for hydroxylation is 1. The lowest BCUT2D eigenvalue weighted by atomic mass is 10.0. The van der Waals surface area contributed by atoms with E-state index in [0.717, 1.165) is 5.56 Å². The molecule has 0 bridgehead atoms. The van der Waals surface area contributed by atoms with E-state index in [2.05, 4.69) is 0 Å². The fourth-order valence-electron chi connectivity index (χ4n) is 1.58. The SMILES string of the molecule is CC.CC.Cc1ccc(C(=O)c2ccccc2)c(O)c1. The Hall–Kier alpha value is -2.09. The molecule has 0 radical (unpaired) electrons. The molecule has 0 amide bonds. The first-order valence-electron chi connectivity index (χ1n) is 7.08. The lowest BCUT2D eigenvalue weighted by Crippen LogP contribution is -2.01. The van der Waals surface area contributed by atoms with Crippen LogP contribution in [0.4, 0.5) is 0 Å². The average Bonchev–Trinajstić information content (AvgIpc) is 2.51. The molecule has 2 aromatic carbocycles. The molecule has 0 aliphatic carbocycles. The number of rotatable bonds is 2. The average molecular weight is 272 g/mol. The van der Waals surface area contributed by atoms with Gasteiger partial charge in [-0.1, -0.05) is 64.1 Å². The monoisotopic (exact) mass is 272 g/mol. The third-order valence-corrected chi connectivity index (χ3v) is 2.43. The summed E-state index contributed by atoms with van der Waals surface area (Å²) in [5, 5.41) is 9.70. The lowest BCUT2D eigenvalue weighted by Gasteiger charge is -2.04. The van der Waals surface area contributed by atoms with Gasteiger partial charge in [0.15, 0.2) is 5.78 Å². The fraction of sp³-hybridized carbons (Fsp3) is 0.278. The van der Waals surface area contributed by atoms with Crippen LogP contribution >= 0.6 is 0 Å². The van der Waals surface area contributed by atoms with Crippen molar-refractivity contribution in [1.82, 2.24) is 0 Å². The highest BCUT2D eigenvalue weighted by Crippen LogP contribution is 2.21. The van der Waals surface area contributed by atoms with Gasteiger partial charge in [-0.15, -0.1) is 0 Å². The van der Waals surface area contributed by atoms with Crippen molar-refractivity contribution in [2.75, 3.05) is 0 Å². The molecule has 20 heavy (non-hydrogen) atoms.